The SMILES string of the molecule is CCNc1cc(NCC(C)(C)C)nc(COCC)n1. The average Bonchev–Trinajstić information content (AvgIpc) is 2.33. The lowest BCUT2D eigenvalue weighted by molar-refractivity contribution is 0.128. The molecule has 1 aromatic heterocycles. The molecule has 1 rings (SSSR count). The van der Waals surface area contributed by atoms with Gasteiger partial charge in [0.15, 0.2) is 5.82 Å². The molecule has 0 aliphatic rings. The molecular formula is C14H26N4O. The molecule has 5 heteroatoms. The second-order valence-corrected chi connectivity index (χ2v) is 5.64. The molecule has 108 valence electrons. The van der Waals surface area contributed by atoms with Crippen LogP contribution in [0, 0.1) is 5.41 Å². The molecule has 0 spiro atoms. The van der Waals surface area contributed by atoms with Crippen LogP contribution in [-0.2, 0) is 11.3 Å². The minimum atomic E-state index is 0.212. The van der Waals surface area contributed by atoms with Crippen LogP contribution in [-0.4, -0.2) is 29.7 Å². The van der Waals surface area contributed by atoms with Crippen LogP contribution in [0.3, 0.4) is 0 Å². The molecule has 0 saturated heterocycles. The zero-order valence-electron chi connectivity index (χ0n) is 12.7. The van der Waals surface area contributed by atoms with Crippen LogP contribution in [0.15, 0.2) is 6.07 Å². The Labute approximate surface area is 116 Å². The van der Waals surface area contributed by atoms with E-state index in [0.29, 0.717) is 19.0 Å². The van der Waals surface area contributed by atoms with Crippen molar-refractivity contribution in [3.8, 4) is 0 Å². The van der Waals surface area contributed by atoms with Gasteiger partial charge in [0.2, 0.25) is 0 Å². The molecule has 0 atom stereocenters. The third-order valence-corrected chi connectivity index (χ3v) is 2.37. The summed E-state index contributed by atoms with van der Waals surface area (Å²) in [4.78, 5) is 8.89. The quantitative estimate of drug-likeness (QED) is 0.794. The molecule has 19 heavy (non-hydrogen) atoms. The lowest BCUT2D eigenvalue weighted by atomic mass is 9.97. The third kappa shape index (κ3) is 6.38. The molecule has 5 nitrogen and oxygen atoms in total. The highest BCUT2D eigenvalue weighted by Crippen LogP contribution is 2.16. The van der Waals surface area contributed by atoms with Gasteiger partial charge in [-0.25, -0.2) is 9.97 Å². The summed E-state index contributed by atoms with van der Waals surface area (Å²) in [5, 5.41) is 6.57. The summed E-state index contributed by atoms with van der Waals surface area (Å²) in [6.07, 6.45) is 0. The van der Waals surface area contributed by atoms with Gasteiger partial charge in [0.05, 0.1) is 0 Å². The number of hydrogen-bond donors (Lipinski definition) is 2. The molecule has 0 unspecified atom stereocenters. The second kappa shape index (κ2) is 7.28. The first-order valence-corrected chi connectivity index (χ1v) is 6.88. The normalized spacial score (nSPS) is 11.4. The number of aromatic nitrogens is 2. The smallest absolute Gasteiger partial charge is 0.158 e. The van der Waals surface area contributed by atoms with Crippen molar-refractivity contribution in [3.05, 3.63) is 11.9 Å². The molecule has 0 radical (unpaired) electrons. The van der Waals surface area contributed by atoms with E-state index in [1.807, 2.05) is 19.9 Å². The first kappa shape index (κ1) is 15.7. The van der Waals surface area contributed by atoms with Crippen LogP contribution < -0.4 is 10.6 Å². The summed E-state index contributed by atoms with van der Waals surface area (Å²) >= 11 is 0. The summed E-state index contributed by atoms with van der Waals surface area (Å²) in [6.45, 7) is 13.4. The van der Waals surface area contributed by atoms with E-state index < -0.39 is 0 Å². The molecule has 0 aliphatic heterocycles. The van der Waals surface area contributed by atoms with Crippen LogP contribution in [0.1, 0.15) is 40.4 Å². The Bertz CT molecular complexity index is 388. The summed E-state index contributed by atoms with van der Waals surface area (Å²) in [6, 6.07) is 1.94. The Hall–Kier alpha value is -1.36. The molecule has 0 bridgehead atoms. The van der Waals surface area contributed by atoms with Gasteiger partial charge in [-0.05, 0) is 19.3 Å². The fourth-order valence-electron chi connectivity index (χ4n) is 1.47. The van der Waals surface area contributed by atoms with E-state index in [9.17, 15) is 0 Å². The molecule has 1 aromatic rings. The highest BCUT2D eigenvalue weighted by Gasteiger charge is 2.11. The number of hydrogen-bond acceptors (Lipinski definition) is 5. The lowest BCUT2D eigenvalue weighted by Crippen LogP contribution is -2.20. The van der Waals surface area contributed by atoms with Crippen molar-refractivity contribution in [3.63, 3.8) is 0 Å². The summed E-state index contributed by atoms with van der Waals surface area (Å²) < 4.78 is 5.37. The Morgan fingerprint density at radius 2 is 1.74 bits per heavy atom. The van der Waals surface area contributed by atoms with E-state index in [4.69, 9.17) is 4.74 Å². The first-order valence-electron chi connectivity index (χ1n) is 6.88. The fourth-order valence-corrected chi connectivity index (χ4v) is 1.47. The van der Waals surface area contributed by atoms with Crippen LogP contribution in [0.25, 0.3) is 0 Å². The highest BCUT2D eigenvalue weighted by molar-refractivity contribution is 5.47. The Morgan fingerprint density at radius 3 is 2.26 bits per heavy atom. The van der Waals surface area contributed by atoms with Crippen molar-refractivity contribution >= 4 is 11.6 Å². The predicted octanol–water partition coefficient (Wildman–Crippen LogP) is 2.90. The number of anilines is 2. The largest absolute Gasteiger partial charge is 0.374 e. The van der Waals surface area contributed by atoms with Gasteiger partial charge in [-0.1, -0.05) is 20.8 Å². The van der Waals surface area contributed by atoms with Crippen molar-refractivity contribution in [1.82, 2.24) is 9.97 Å². The first-order chi connectivity index (χ1) is 8.94. The van der Waals surface area contributed by atoms with Gasteiger partial charge in [0, 0.05) is 25.8 Å². The van der Waals surface area contributed by atoms with Gasteiger partial charge < -0.3 is 15.4 Å². The van der Waals surface area contributed by atoms with E-state index in [1.54, 1.807) is 0 Å². The summed E-state index contributed by atoms with van der Waals surface area (Å²) in [5.41, 5.74) is 0.212. The zero-order chi connectivity index (χ0) is 14.3. The second-order valence-electron chi connectivity index (χ2n) is 5.64. The van der Waals surface area contributed by atoms with E-state index in [-0.39, 0.29) is 5.41 Å². The Kier molecular flexibility index (Phi) is 6.02. The van der Waals surface area contributed by atoms with Crippen LogP contribution >= 0.6 is 0 Å². The van der Waals surface area contributed by atoms with Crippen molar-refractivity contribution in [2.45, 2.75) is 41.2 Å². The Morgan fingerprint density at radius 1 is 1.11 bits per heavy atom. The molecular weight excluding hydrogens is 240 g/mol. The molecule has 0 aromatic carbocycles. The van der Waals surface area contributed by atoms with Crippen molar-refractivity contribution in [1.29, 1.82) is 0 Å². The van der Waals surface area contributed by atoms with E-state index in [1.165, 1.54) is 0 Å². The van der Waals surface area contributed by atoms with Crippen LogP contribution in [0.4, 0.5) is 11.6 Å². The van der Waals surface area contributed by atoms with Gasteiger partial charge in [0.1, 0.15) is 18.2 Å². The molecule has 0 amide bonds. The number of ether oxygens (including phenoxy) is 1. The zero-order valence-corrected chi connectivity index (χ0v) is 12.7. The minimum Gasteiger partial charge on any atom is -0.374 e. The third-order valence-electron chi connectivity index (χ3n) is 2.37. The van der Waals surface area contributed by atoms with Gasteiger partial charge in [0.25, 0.3) is 0 Å². The van der Waals surface area contributed by atoms with Gasteiger partial charge in [-0.15, -0.1) is 0 Å². The van der Waals surface area contributed by atoms with Crippen molar-refractivity contribution in [2.24, 2.45) is 5.41 Å². The topological polar surface area (TPSA) is 59.1 Å². The van der Waals surface area contributed by atoms with E-state index in [0.717, 1.165) is 24.7 Å². The fraction of sp³-hybridized carbons (Fsp3) is 0.714. The number of nitrogens with zero attached hydrogens (tertiary/aromatic N) is 2. The molecule has 0 aliphatic carbocycles. The molecule has 2 N–H and O–H groups in total. The standard InChI is InChI=1S/C14H26N4O/c1-6-15-11-8-12(16-10-14(3,4)5)18-13(17-11)9-19-7-2/h8H,6-7,9-10H2,1-5H3,(H2,15,16,17,18). The maximum Gasteiger partial charge on any atom is 0.158 e. The predicted molar refractivity (Wildman–Crippen MR) is 79.5 cm³/mol. The minimum absolute atomic E-state index is 0.212. The maximum absolute atomic E-state index is 5.37. The maximum atomic E-state index is 5.37. The van der Waals surface area contributed by atoms with Gasteiger partial charge >= 0.3 is 0 Å². The number of nitrogens with one attached hydrogen (secondary N) is 2. The van der Waals surface area contributed by atoms with Gasteiger partial charge in [-0.3, -0.25) is 0 Å². The lowest BCUT2D eigenvalue weighted by Gasteiger charge is -2.19. The Balaban J connectivity index is 2.79. The van der Waals surface area contributed by atoms with Crippen molar-refractivity contribution in [2.75, 3.05) is 30.3 Å². The average molecular weight is 266 g/mol. The molecule has 0 saturated carbocycles. The van der Waals surface area contributed by atoms with E-state index >= 15 is 0 Å². The summed E-state index contributed by atoms with van der Waals surface area (Å²) in [5.74, 6) is 2.39. The summed E-state index contributed by atoms with van der Waals surface area (Å²) in [7, 11) is 0. The van der Waals surface area contributed by atoms with E-state index in [2.05, 4.69) is 41.4 Å². The molecule has 1 heterocycles. The van der Waals surface area contributed by atoms with Crippen molar-refractivity contribution < 1.29 is 4.74 Å². The molecule has 0 fully saturated rings. The van der Waals surface area contributed by atoms with Crippen LogP contribution in [0.2, 0.25) is 0 Å². The van der Waals surface area contributed by atoms with Gasteiger partial charge in [-0.2, -0.15) is 0 Å². The monoisotopic (exact) mass is 266 g/mol. The number of rotatable bonds is 7. The van der Waals surface area contributed by atoms with Crippen LogP contribution in [0.5, 0.6) is 0 Å². The highest BCUT2D eigenvalue weighted by atomic mass is 16.5.